The van der Waals surface area contributed by atoms with E-state index in [1.54, 1.807) is 29.2 Å². The number of morpholine rings is 1. The number of carbonyl (C=O) groups is 2. The fourth-order valence-corrected chi connectivity index (χ4v) is 4.24. The highest BCUT2D eigenvalue weighted by Crippen LogP contribution is 2.36. The molecule has 0 radical (unpaired) electrons. The Morgan fingerprint density at radius 1 is 1.00 bits per heavy atom. The fourth-order valence-electron chi connectivity index (χ4n) is 4.24. The van der Waals surface area contributed by atoms with Gasteiger partial charge in [0.05, 0.1) is 18.6 Å². The number of amides is 2. The molecule has 0 aliphatic carbocycles. The normalized spacial score (nSPS) is 18.1. The van der Waals surface area contributed by atoms with Crippen LogP contribution in [-0.4, -0.2) is 62.8 Å². The molecule has 7 heteroatoms. The van der Waals surface area contributed by atoms with Crippen molar-refractivity contribution < 1.29 is 23.8 Å². The molecular weight excluding hydrogens is 408 g/mol. The van der Waals surface area contributed by atoms with Crippen molar-refractivity contribution in [3.63, 3.8) is 0 Å². The Labute approximate surface area is 188 Å². The Bertz CT molecular complexity index is 932. The molecule has 0 spiro atoms. The minimum atomic E-state index is -0.607. The van der Waals surface area contributed by atoms with Gasteiger partial charge in [0.1, 0.15) is 5.75 Å². The predicted octanol–water partition coefficient (Wildman–Crippen LogP) is 2.92. The topological polar surface area (TPSA) is 77.1 Å². The number of hydrogen-bond donors (Lipinski definition) is 1. The lowest BCUT2D eigenvalue weighted by molar-refractivity contribution is -0.137. The molecule has 1 N–H and O–H groups in total. The Morgan fingerprint density at radius 2 is 1.69 bits per heavy atom. The Morgan fingerprint density at radius 3 is 2.38 bits per heavy atom. The van der Waals surface area contributed by atoms with Gasteiger partial charge in [0.25, 0.3) is 5.91 Å². The van der Waals surface area contributed by atoms with Crippen molar-refractivity contribution in [1.29, 1.82) is 0 Å². The lowest BCUT2D eigenvalue weighted by Crippen LogP contribution is -2.44. The summed E-state index contributed by atoms with van der Waals surface area (Å²) in [6.45, 7) is 5.48. The number of rotatable bonds is 6. The third kappa shape index (κ3) is 5.11. The number of nitrogens with zero attached hydrogens (tertiary/aromatic N) is 1. The van der Waals surface area contributed by atoms with Crippen LogP contribution in [0.5, 0.6) is 5.75 Å². The van der Waals surface area contributed by atoms with Crippen LogP contribution in [0, 0.1) is 6.92 Å². The molecule has 2 aliphatic heterocycles. The highest BCUT2D eigenvalue weighted by atomic mass is 16.5. The third-order valence-electron chi connectivity index (χ3n) is 6.19. The molecule has 0 saturated carbocycles. The number of hydrogen-bond acceptors (Lipinski definition) is 5. The van der Waals surface area contributed by atoms with Gasteiger partial charge in [-0.05, 0) is 49.6 Å². The van der Waals surface area contributed by atoms with Crippen molar-refractivity contribution in [2.45, 2.75) is 25.2 Å². The molecule has 2 saturated heterocycles. The van der Waals surface area contributed by atoms with E-state index in [0.717, 1.165) is 11.1 Å². The van der Waals surface area contributed by atoms with Crippen LogP contribution in [0.4, 0.5) is 5.69 Å². The maximum absolute atomic E-state index is 13.4. The molecule has 0 atom stereocenters. The van der Waals surface area contributed by atoms with E-state index in [1.165, 1.54) is 0 Å². The number of carbonyl (C=O) groups excluding carboxylic acids is 2. The van der Waals surface area contributed by atoms with Gasteiger partial charge < -0.3 is 24.4 Å². The standard InChI is InChI=1S/C25H30N2O5/c1-19-3-2-4-20(17-19)25(9-13-30-14-10-25)24(29)26-21-5-7-22(8-6-21)32-18-23(28)27-11-15-31-16-12-27/h2-8,17H,9-16,18H2,1H3,(H,26,29). The average molecular weight is 439 g/mol. The molecule has 2 aliphatic rings. The summed E-state index contributed by atoms with van der Waals surface area (Å²) in [5.41, 5.74) is 2.25. The number of benzene rings is 2. The van der Waals surface area contributed by atoms with Crippen molar-refractivity contribution in [2.75, 3.05) is 51.4 Å². The molecule has 170 valence electrons. The van der Waals surface area contributed by atoms with E-state index >= 15 is 0 Å². The van der Waals surface area contributed by atoms with Crippen LogP contribution in [-0.2, 0) is 24.5 Å². The first-order valence-electron chi connectivity index (χ1n) is 11.1. The molecule has 2 amide bonds. The lowest BCUT2D eigenvalue weighted by atomic mass is 9.73. The quantitative estimate of drug-likeness (QED) is 0.751. The summed E-state index contributed by atoms with van der Waals surface area (Å²) in [7, 11) is 0. The fraction of sp³-hybridized carbons (Fsp3) is 0.440. The highest BCUT2D eigenvalue weighted by Gasteiger charge is 2.41. The van der Waals surface area contributed by atoms with Crippen LogP contribution in [0.2, 0.25) is 0 Å². The van der Waals surface area contributed by atoms with Gasteiger partial charge in [-0.25, -0.2) is 0 Å². The maximum Gasteiger partial charge on any atom is 0.260 e. The van der Waals surface area contributed by atoms with Gasteiger partial charge in [-0.15, -0.1) is 0 Å². The maximum atomic E-state index is 13.4. The first-order chi connectivity index (χ1) is 15.6. The molecule has 4 rings (SSSR count). The number of anilines is 1. The second-order valence-corrected chi connectivity index (χ2v) is 8.32. The summed E-state index contributed by atoms with van der Waals surface area (Å²) in [6, 6.07) is 15.3. The van der Waals surface area contributed by atoms with E-state index in [-0.39, 0.29) is 18.4 Å². The zero-order chi connectivity index (χ0) is 22.4. The first kappa shape index (κ1) is 22.3. The van der Waals surface area contributed by atoms with Gasteiger partial charge in [0, 0.05) is 32.0 Å². The Balaban J connectivity index is 1.39. The molecule has 0 aromatic heterocycles. The van der Waals surface area contributed by atoms with Crippen LogP contribution in [0.15, 0.2) is 48.5 Å². The summed E-state index contributed by atoms with van der Waals surface area (Å²) in [5, 5.41) is 3.08. The average Bonchev–Trinajstić information content (AvgIpc) is 2.84. The van der Waals surface area contributed by atoms with E-state index in [1.807, 2.05) is 25.1 Å². The van der Waals surface area contributed by atoms with Crippen LogP contribution in [0.25, 0.3) is 0 Å². The summed E-state index contributed by atoms with van der Waals surface area (Å²) < 4.78 is 16.5. The van der Waals surface area contributed by atoms with Crippen LogP contribution >= 0.6 is 0 Å². The smallest absolute Gasteiger partial charge is 0.260 e. The Kier molecular flexibility index (Phi) is 7.07. The summed E-state index contributed by atoms with van der Waals surface area (Å²) in [6.07, 6.45) is 1.29. The molecule has 0 bridgehead atoms. The first-order valence-corrected chi connectivity index (χ1v) is 11.1. The zero-order valence-corrected chi connectivity index (χ0v) is 18.5. The molecular formula is C25H30N2O5. The van der Waals surface area contributed by atoms with Crippen molar-refractivity contribution in [3.05, 3.63) is 59.7 Å². The zero-order valence-electron chi connectivity index (χ0n) is 18.5. The number of aryl methyl sites for hydroxylation is 1. The van der Waals surface area contributed by atoms with Crippen molar-refractivity contribution >= 4 is 17.5 Å². The van der Waals surface area contributed by atoms with E-state index in [2.05, 4.69) is 11.4 Å². The predicted molar refractivity (Wildman–Crippen MR) is 121 cm³/mol. The second kappa shape index (κ2) is 10.1. The van der Waals surface area contributed by atoms with Gasteiger partial charge in [-0.3, -0.25) is 9.59 Å². The summed E-state index contributed by atoms with van der Waals surface area (Å²) >= 11 is 0. The molecule has 2 fully saturated rings. The van der Waals surface area contributed by atoms with Gasteiger partial charge in [0.15, 0.2) is 6.61 Å². The van der Waals surface area contributed by atoms with Crippen LogP contribution in [0.1, 0.15) is 24.0 Å². The number of ether oxygens (including phenoxy) is 3. The highest BCUT2D eigenvalue weighted by molar-refractivity contribution is 5.99. The van der Waals surface area contributed by atoms with Gasteiger partial charge in [-0.1, -0.05) is 29.8 Å². The third-order valence-corrected chi connectivity index (χ3v) is 6.19. The number of nitrogens with one attached hydrogen (secondary N) is 1. The SMILES string of the molecule is Cc1cccc(C2(C(=O)Nc3ccc(OCC(=O)N4CCOCC4)cc3)CCOCC2)c1. The molecule has 7 nitrogen and oxygen atoms in total. The minimum absolute atomic E-state index is 0.0117. The molecule has 32 heavy (non-hydrogen) atoms. The van der Waals surface area contributed by atoms with Gasteiger partial charge in [0.2, 0.25) is 5.91 Å². The molecule has 2 aromatic carbocycles. The largest absolute Gasteiger partial charge is 0.484 e. The molecule has 0 unspecified atom stereocenters. The molecule has 2 aromatic rings. The second-order valence-electron chi connectivity index (χ2n) is 8.32. The molecule has 2 heterocycles. The van der Waals surface area contributed by atoms with E-state index in [9.17, 15) is 9.59 Å². The summed E-state index contributed by atoms with van der Waals surface area (Å²) in [4.78, 5) is 27.4. The van der Waals surface area contributed by atoms with Crippen molar-refractivity contribution in [3.8, 4) is 5.75 Å². The van der Waals surface area contributed by atoms with Crippen LogP contribution < -0.4 is 10.1 Å². The van der Waals surface area contributed by atoms with Crippen LogP contribution in [0.3, 0.4) is 0 Å². The van der Waals surface area contributed by atoms with Crippen molar-refractivity contribution in [1.82, 2.24) is 4.90 Å². The monoisotopic (exact) mass is 438 g/mol. The van der Waals surface area contributed by atoms with E-state index < -0.39 is 5.41 Å². The lowest BCUT2D eigenvalue weighted by Gasteiger charge is -2.36. The van der Waals surface area contributed by atoms with Crippen molar-refractivity contribution in [2.24, 2.45) is 0 Å². The minimum Gasteiger partial charge on any atom is -0.484 e. The van der Waals surface area contributed by atoms with E-state index in [0.29, 0.717) is 63.8 Å². The van der Waals surface area contributed by atoms with Gasteiger partial charge >= 0.3 is 0 Å². The van der Waals surface area contributed by atoms with E-state index in [4.69, 9.17) is 14.2 Å². The Hall–Kier alpha value is -2.90. The summed E-state index contributed by atoms with van der Waals surface area (Å²) in [5.74, 6) is 0.511. The van der Waals surface area contributed by atoms with Gasteiger partial charge in [-0.2, -0.15) is 0 Å².